The molecule has 3 aromatic rings. The van der Waals surface area contributed by atoms with Crippen LogP contribution in [0.3, 0.4) is 0 Å². The summed E-state index contributed by atoms with van der Waals surface area (Å²) in [6, 6.07) is 4.33. The Labute approximate surface area is 145 Å². The molecule has 3 aromatic heterocycles. The fourth-order valence-electron chi connectivity index (χ4n) is 2.30. The van der Waals surface area contributed by atoms with Crippen LogP contribution in [0.2, 0.25) is 0 Å². The summed E-state index contributed by atoms with van der Waals surface area (Å²) in [4.78, 5) is 29.3. The Balaban J connectivity index is 1.82. The standard InChI is InChI=1S/C16H14F2N4O2S/c1-21-7-5-19-14(21)12-2-3-13(25-12)15(23)20-10-8-11(18)16(24)22(9-10)6-4-17/h2-3,5,7-9H,4,6H2,1H3,(H,20,23). The molecule has 0 spiro atoms. The van der Waals surface area contributed by atoms with Gasteiger partial charge in [0, 0.05) is 31.7 Å². The third-order valence-electron chi connectivity index (χ3n) is 3.50. The van der Waals surface area contributed by atoms with Crippen LogP contribution in [-0.2, 0) is 13.6 Å². The molecule has 25 heavy (non-hydrogen) atoms. The van der Waals surface area contributed by atoms with E-state index >= 15 is 0 Å². The molecule has 0 aromatic carbocycles. The Morgan fingerprint density at radius 1 is 1.40 bits per heavy atom. The molecule has 1 N–H and O–H groups in total. The number of halogens is 2. The predicted octanol–water partition coefficient (Wildman–Crippen LogP) is 2.67. The molecule has 9 heteroatoms. The Bertz CT molecular complexity index is 977. The fourth-order valence-corrected chi connectivity index (χ4v) is 3.24. The van der Waals surface area contributed by atoms with Gasteiger partial charge in [-0.3, -0.25) is 9.59 Å². The number of aryl methyl sites for hydroxylation is 2. The van der Waals surface area contributed by atoms with Crippen molar-refractivity contribution in [1.29, 1.82) is 0 Å². The number of thiophene rings is 1. The van der Waals surface area contributed by atoms with Gasteiger partial charge in [-0.15, -0.1) is 11.3 Å². The van der Waals surface area contributed by atoms with Crippen molar-refractivity contribution in [3.8, 4) is 10.7 Å². The molecule has 0 unspecified atom stereocenters. The zero-order valence-electron chi connectivity index (χ0n) is 13.2. The van der Waals surface area contributed by atoms with Crippen LogP contribution in [0, 0.1) is 5.82 Å². The second-order valence-electron chi connectivity index (χ2n) is 5.24. The van der Waals surface area contributed by atoms with Crippen molar-refractivity contribution in [2.75, 3.05) is 12.0 Å². The monoisotopic (exact) mass is 364 g/mol. The summed E-state index contributed by atoms with van der Waals surface area (Å²) in [5.74, 6) is -0.770. The van der Waals surface area contributed by atoms with Gasteiger partial charge in [-0.1, -0.05) is 0 Å². The molecule has 1 amide bonds. The number of nitrogens with one attached hydrogen (secondary N) is 1. The third kappa shape index (κ3) is 3.50. The van der Waals surface area contributed by atoms with Gasteiger partial charge in [-0.2, -0.15) is 0 Å². The van der Waals surface area contributed by atoms with Gasteiger partial charge in [0.15, 0.2) is 5.82 Å². The molecule has 0 aliphatic rings. The van der Waals surface area contributed by atoms with E-state index in [2.05, 4.69) is 10.3 Å². The Kier molecular flexibility index (Phi) is 4.75. The van der Waals surface area contributed by atoms with E-state index in [0.29, 0.717) is 4.88 Å². The summed E-state index contributed by atoms with van der Waals surface area (Å²) >= 11 is 1.24. The molecule has 6 nitrogen and oxygen atoms in total. The third-order valence-corrected chi connectivity index (χ3v) is 4.58. The lowest BCUT2D eigenvalue weighted by Crippen LogP contribution is -2.24. The number of alkyl halides is 1. The summed E-state index contributed by atoms with van der Waals surface area (Å²) in [5, 5.41) is 2.52. The maximum absolute atomic E-state index is 13.6. The Morgan fingerprint density at radius 3 is 2.88 bits per heavy atom. The number of hydrogen-bond donors (Lipinski definition) is 1. The first kappa shape index (κ1) is 17.0. The van der Waals surface area contributed by atoms with E-state index < -0.39 is 24.0 Å². The van der Waals surface area contributed by atoms with E-state index in [4.69, 9.17) is 0 Å². The number of aromatic nitrogens is 3. The number of amides is 1. The number of nitrogens with zero attached hydrogens (tertiary/aromatic N) is 3. The smallest absolute Gasteiger partial charge is 0.286 e. The van der Waals surface area contributed by atoms with Crippen LogP contribution in [0.15, 0.2) is 41.6 Å². The van der Waals surface area contributed by atoms with Gasteiger partial charge < -0.3 is 14.5 Å². The van der Waals surface area contributed by atoms with Gasteiger partial charge in [0.25, 0.3) is 11.5 Å². The summed E-state index contributed by atoms with van der Waals surface area (Å²) in [6.07, 6.45) is 4.67. The molecule has 0 atom stereocenters. The molecule has 0 aliphatic heterocycles. The molecule has 0 fully saturated rings. The minimum Gasteiger partial charge on any atom is -0.333 e. The molecular weight excluding hydrogens is 350 g/mol. The zero-order valence-corrected chi connectivity index (χ0v) is 14.0. The summed E-state index contributed by atoms with van der Waals surface area (Å²) in [6.45, 7) is -1.09. The molecular formula is C16H14F2N4O2S. The molecule has 0 radical (unpaired) electrons. The van der Waals surface area contributed by atoms with E-state index in [9.17, 15) is 18.4 Å². The molecule has 0 saturated heterocycles. The van der Waals surface area contributed by atoms with Gasteiger partial charge in [-0.25, -0.2) is 13.8 Å². The SMILES string of the molecule is Cn1ccnc1-c1ccc(C(=O)Nc2cc(F)c(=O)n(CCF)c2)s1. The second kappa shape index (κ2) is 6.98. The highest BCUT2D eigenvalue weighted by Crippen LogP contribution is 2.27. The van der Waals surface area contributed by atoms with Crippen molar-refractivity contribution >= 4 is 22.9 Å². The van der Waals surface area contributed by atoms with E-state index in [1.54, 1.807) is 24.5 Å². The van der Waals surface area contributed by atoms with Crippen LogP contribution in [0.5, 0.6) is 0 Å². The summed E-state index contributed by atoms with van der Waals surface area (Å²) in [5.41, 5.74) is -0.841. The number of carbonyl (C=O) groups is 1. The van der Waals surface area contributed by atoms with E-state index in [1.165, 1.54) is 17.5 Å². The normalized spacial score (nSPS) is 10.8. The lowest BCUT2D eigenvalue weighted by molar-refractivity contribution is 0.103. The van der Waals surface area contributed by atoms with Crippen molar-refractivity contribution in [1.82, 2.24) is 14.1 Å². The lowest BCUT2D eigenvalue weighted by Gasteiger charge is -2.08. The highest BCUT2D eigenvalue weighted by molar-refractivity contribution is 7.17. The number of anilines is 1. The predicted molar refractivity (Wildman–Crippen MR) is 91.1 cm³/mol. The molecule has 0 aliphatic carbocycles. The number of hydrogen-bond acceptors (Lipinski definition) is 4. The lowest BCUT2D eigenvalue weighted by atomic mass is 10.3. The first-order chi connectivity index (χ1) is 12.0. The average Bonchev–Trinajstić information content (AvgIpc) is 3.21. The zero-order chi connectivity index (χ0) is 18.0. The van der Waals surface area contributed by atoms with Gasteiger partial charge in [-0.05, 0) is 12.1 Å². The summed E-state index contributed by atoms with van der Waals surface area (Å²) in [7, 11) is 1.85. The molecule has 0 bridgehead atoms. The average molecular weight is 364 g/mol. The van der Waals surface area contributed by atoms with Crippen molar-refractivity contribution in [3.63, 3.8) is 0 Å². The van der Waals surface area contributed by atoms with Crippen LogP contribution >= 0.6 is 11.3 Å². The number of carbonyl (C=O) groups excluding carboxylic acids is 1. The van der Waals surface area contributed by atoms with Crippen LogP contribution in [-0.4, -0.2) is 26.7 Å². The van der Waals surface area contributed by atoms with Crippen LogP contribution in [0.4, 0.5) is 14.5 Å². The van der Waals surface area contributed by atoms with Crippen LogP contribution < -0.4 is 10.9 Å². The fraction of sp³-hybridized carbons (Fsp3) is 0.188. The van der Waals surface area contributed by atoms with Crippen molar-refractivity contribution in [2.45, 2.75) is 6.54 Å². The van der Waals surface area contributed by atoms with Gasteiger partial charge in [0.1, 0.15) is 12.5 Å². The molecule has 3 heterocycles. The minimum atomic E-state index is -1.05. The van der Waals surface area contributed by atoms with Crippen molar-refractivity contribution < 1.29 is 13.6 Å². The van der Waals surface area contributed by atoms with Gasteiger partial charge in [0.05, 0.1) is 22.0 Å². The maximum Gasteiger partial charge on any atom is 0.286 e. The minimum absolute atomic E-state index is 0.0856. The van der Waals surface area contributed by atoms with E-state index in [0.717, 1.165) is 21.3 Å². The molecule has 3 rings (SSSR count). The van der Waals surface area contributed by atoms with Crippen molar-refractivity contribution in [3.05, 3.63) is 57.8 Å². The largest absolute Gasteiger partial charge is 0.333 e. The summed E-state index contributed by atoms with van der Waals surface area (Å²) < 4.78 is 28.8. The topological polar surface area (TPSA) is 68.9 Å². The maximum atomic E-state index is 13.6. The number of pyridine rings is 1. The molecule has 0 saturated carbocycles. The van der Waals surface area contributed by atoms with E-state index in [-0.39, 0.29) is 12.2 Å². The van der Waals surface area contributed by atoms with Gasteiger partial charge in [0.2, 0.25) is 0 Å². The van der Waals surface area contributed by atoms with Crippen LogP contribution in [0.1, 0.15) is 9.67 Å². The highest BCUT2D eigenvalue weighted by atomic mass is 32.1. The van der Waals surface area contributed by atoms with Gasteiger partial charge >= 0.3 is 0 Å². The first-order valence-electron chi connectivity index (χ1n) is 7.34. The number of imidazole rings is 1. The number of rotatable bonds is 5. The molecule has 130 valence electrons. The highest BCUT2D eigenvalue weighted by Gasteiger charge is 2.14. The van der Waals surface area contributed by atoms with Crippen LogP contribution in [0.25, 0.3) is 10.7 Å². The Hall–Kier alpha value is -2.81. The van der Waals surface area contributed by atoms with E-state index in [1.807, 2.05) is 11.6 Å². The van der Waals surface area contributed by atoms with Crippen molar-refractivity contribution in [2.24, 2.45) is 7.05 Å². The Morgan fingerprint density at radius 2 is 2.20 bits per heavy atom. The first-order valence-corrected chi connectivity index (χ1v) is 8.16. The second-order valence-corrected chi connectivity index (χ2v) is 6.33. The quantitative estimate of drug-likeness (QED) is 0.757.